The molecule has 1 aromatic rings. The summed E-state index contributed by atoms with van der Waals surface area (Å²) in [6, 6.07) is 8.70. The molecule has 0 saturated heterocycles. The lowest BCUT2D eigenvalue weighted by atomic mass is 10.1. The van der Waals surface area contributed by atoms with E-state index in [1.807, 2.05) is 0 Å². The topological polar surface area (TPSA) is 29.3 Å². The van der Waals surface area contributed by atoms with Gasteiger partial charge in [0.15, 0.2) is 0 Å². The van der Waals surface area contributed by atoms with Gasteiger partial charge in [0.25, 0.3) is 0 Å². The Balaban J connectivity index is 2.74. The van der Waals surface area contributed by atoms with Crippen LogP contribution in [0.3, 0.4) is 0 Å². The van der Waals surface area contributed by atoms with E-state index >= 15 is 0 Å². The van der Waals surface area contributed by atoms with Gasteiger partial charge in [-0.2, -0.15) is 0 Å². The van der Waals surface area contributed by atoms with Gasteiger partial charge in [0, 0.05) is 18.8 Å². The summed E-state index contributed by atoms with van der Waals surface area (Å²) in [5, 5.41) is 0. The van der Waals surface area contributed by atoms with Gasteiger partial charge in [-0.1, -0.05) is 26.0 Å². The van der Waals surface area contributed by atoms with E-state index < -0.39 is 0 Å². The Labute approximate surface area is 99.5 Å². The first-order valence-electron chi connectivity index (χ1n) is 6.15. The summed E-state index contributed by atoms with van der Waals surface area (Å²) in [5.41, 5.74) is 8.23. The van der Waals surface area contributed by atoms with Crippen LogP contribution in [0.4, 0.5) is 5.69 Å². The number of hydrogen-bond acceptors (Lipinski definition) is 2. The first-order chi connectivity index (χ1) is 7.63. The van der Waals surface area contributed by atoms with Crippen molar-refractivity contribution in [3.63, 3.8) is 0 Å². The fourth-order valence-electron chi connectivity index (χ4n) is 1.87. The van der Waals surface area contributed by atoms with Gasteiger partial charge in [0.05, 0.1) is 0 Å². The van der Waals surface area contributed by atoms with Crippen molar-refractivity contribution >= 4 is 5.69 Å². The molecule has 1 aromatic carbocycles. The Morgan fingerprint density at radius 1 is 1.31 bits per heavy atom. The maximum atomic E-state index is 5.59. The Morgan fingerprint density at radius 2 is 2.06 bits per heavy atom. The third kappa shape index (κ3) is 4.23. The second-order valence-electron chi connectivity index (χ2n) is 4.82. The van der Waals surface area contributed by atoms with E-state index in [4.69, 9.17) is 5.73 Å². The van der Waals surface area contributed by atoms with Gasteiger partial charge in [0.2, 0.25) is 0 Å². The molecule has 2 N–H and O–H groups in total. The molecule has 0 amide bonds. The lowest BCUT2D eigenvalue weighted by Gasteiger charge is -2.27. The number of nitrogens with two attached hydrogens (primary N) is 1. The van der Waals surface area contributed by atoms with Crippen LogP contribution in [0.5, 0.6) is 0 Å². The summed E-state index contributed by atoms with van der Waals surface area (Å²) in [6.07, 6.45) is 1.06. The third-order valence-corrected chi connectivity index (χ3v) is 2.58. The maximum absolute atomic E-state index is 5.59. The number of anilines is 1. The average Bonchev–Trinajstić information content (AvgIpc) is 2.23. The molecular weight excluding hydrogens is 196 g/mol. The molecule has 16 heavy (non-hydrogen) atoms. The maximum Gasteiger partial charge on any atom is 0.0368 e. The normalized spacial score (nSPS) is 10.8. The average molecular weight is 220 g/mol. The SMILES string of the molecule is Cc1cccc(N(CCCN)CC(C)C)c1. The first kappa shape index (κ1) is 13.0. The van der Waals surface area contributed by atoms with Gasteiger partial charge >= 0.3 is 0 Å². The highest BCUT2D eigenvalue weighted by Crippen LogP contribution is 2.17. The lowest BCUT2D eigenvalue weighted by Crippen LogP contribution is -2.29. The Hall–Kier alpha value is -1.02. The molecule has 2 nitrogen and oxygen atoms in total. The molecule has 0 radical (unpaired) electrons. The largest absolute Gasteiger partial charge is 0.371 e. The number of hydrogen-bond donors (Lipinski definition) is 1. The van der Waals surface area contributed by atoms with Gasteiger partial charge in [-0.3, -0.25) is 0 Å². The van der Waals surface area contributed by atoms with Crippen molar-refractivity contribution in [1.29, 1.82) is 0 Å². The third-order valence-electron chi connectivity index (χ3n) is 2.58. The van der Waals surface area contributed by atoms with Crippen molar-refractivity contribution in [2.45, 2.75) is 27.2 Å². The Bertz CT molecular complexity index is 307. The van der Waals surface area contributed by atoms with Crippen LogP contribution in [0.25, 0.3) is 0 Å². The van der Waals surface area contributed by atoms with Crippen LogP contribution < -0.4 is 10.6 Å². The van der Waals surface area contributed by atoms with E-state index in [-0.39, 0.29) is 0 Å². The molecule has 0 aliphatic carbocycles. The number of aryl methyl sites for hydroxylation is 1. The molecule has 0 fully saturated rings. The van der Waals surface area contributed by atoms with E-state index in [2.05, 4.69) is 49.9 Å². The molecule has 0 spiro atoms. The molecule has 0 bridgehead atoms. The number of benzene rings is 1. The summed E-state index contributed by atoms with van der Waals surface area (Å²) in [5.74, 6) is 0.679. The fraction of sp³-hybridized carbons (Fsp3) is 0.571. The highest BCUT2D eigenvalue weighted by Gasteiger charge is 2.07. The molecule has 0 heterocycles. The van der Waals surface area contributed by atoms with Gasteiger partial charge in [-0.15, -0.1) is 0 Å². The predicted molar refractivity (Wildman–Crippen MR) is 71.9 cm³/mol. The smallest absolute Gasteiger partial charge is 0.0368 e. The van der Waals surface area contributed by atoms with Crippen LogP contribution in [-0.2, 0) is 0 Å². The molecule has 2 heteroatoms. The van der Waals surface area contributed by atoms with Gasteiger partial charge in [0.1, 0.15) is 0 Å². The van der Waals surface area contributed by atoms with Crippen LogP contribution in [0, 0.1) is 12.8 Å². The van der Waals surface area contributed by atoms with Crippen molar-refractivity contribution in [3.05, 3.63) is 29.8 Å². The molecule has 0 atom stereocenters. The molecule has 0 saturated carbocycles. The van der Waals surface area contributed by atoms with Crippen LogP contribution in [0.2, 0.25) is 0 Å². The second kappa shape index (κ2) is 6.54. The zero-order valence-electron chi connectivity index (χ0n) is 10.7. The van der Waals surface area contributed by atoms with Crippen LogP contribution in [0.15, 0.2) is 24.3 Å². The van der Waals surface area contributed by atoms with Gasteiger partial charge < -0.3 is 10.6 Å². The van der Waals surface area contributed by atoms with E-state index in [9.17, 15) is 0 Å². The summed E-state index contributed by atoms with van der Waals surface area (Å²) < 4.78 is 0. The van der Waals surface area contributed by atoms with Crippen LogP contribution in [-0.4, -0.2) is 19.6 Å². The highest BCUT2D eigenvalue weighted by molar-refractivity contribution is 5.48. The summed E-state index contributed by atoms with van der Waals surface area (Å²) in [6.45, 7) is 9.57. The van der Waals surface area contributed by atoms with Crippen molar-refractivity contribution in [3.8, 4) is 0 Å². The van der Waals surface area contributed by atoms with E-state index in [0.29, 0.717) is 5.92 Å². The van der Waals surface area contributed by atoms with Crippen molar-refractivity contribution < 1.29 is 0 Å². The summed E-state index contributed by atoms with van der Waals surface area (Å²) in [7, 11) is 0. The second-order valence-corrected chi connectivity index (χ2v) is 4.82. The fourth-order valence-corrected chi connectivity index (χ4v) is 1.87. The van der Waals surface area contributed by atoms with E-state index in [1.54, 1.807) is 0 Å². The van der Waals surface area contributed by atoms with Crippen LogP contribution in [0.1, 0.15) is 25.8 Å². The first-order valence-corrected chi connectivity index (χ1v) is 6.15. The molecule has 0 aliphatic heterocycles. The summed E-state index contributed by atoms with van der Waals surface area (Å²) >= 11 is 0. The number of nitrogens with zero attached hydrogens (tertiary/aromatic N) is 1. The number of rotatable bonds is 6. The van der Waals surface area contributed by atoms with E-state index in [1.165, 1.54) is 11.3 Å². The van der Waals surface area contributed by atoms with E-state index in [0.717, 1.165) is 26.1 Å². The van der Waals surface area contributed by atoms with Gasteiger partial charge in [-0.05, 0) is 43.5 Å². The quantitative estimate of drug-likeness (QED) is 0.798. The molecule has 0 aliphatic rings. The zero-order valence-corrected chi connectivity index (χ0v) is 10.7. The standard InChI is InChI=1S/C14H24N2/c1-12(2)11-16(9-5-8-15)14-7-4-6-13(3)10-14/h4,6-7,10,12H,5,8-9,11,15H2,1-3H3. The van der Waals surface area contributed by atoms with Crippen molar-refractivity contribution in [1.82, 2.24) is 0 Å². The minimum absolute atomic E-state index is 0.679. The Kier molecular flexibility index (Phi) is 5.33. The van der Waals surface area contributed by atoms with Crippen molar-refractivity contribution in [2.24, 2.45) is 11.7 Å². The minimum Gasteiger partial charge on any atom is -0.371 e. The molecule has 0 unspecified atom stereocenters. The molecule has 90 valence electrons. The minimum atomic E-state index is 0.679. The molecular formula is C14H24N2. The monoisotopic (exact) mass is 220 g/mol. The lowest BCUT2D eigenvalue weighted by molar-refractivity contribution is 0.601. The summed E-state index contributed by atoms with van der Waals surface area (Å²) in [4.78, 5) is 2.44. The molecule has 0 aromatic heterocycles. The Morgan fingerprint density at radius 3 is 2.62 bits per heavy atom. The van der Waals surface area contributed by atoms with Gasteiger partial charge in [-0.25, -0.2) is 0 Å². The van der Waals surface area contributed by atoms with Crippen molar-refractivity contribution in [2.75, 3.05) is 24.5 Å². The highest BCUT2D eigenvalue weighted by atomic mass is 15.1. The van der Waals surface area contributed by atoms with Crippen LogP contribution >= 0.6 is 0 Å². The predicted octanol–water partition coefficient (Wildman–Crippen LogP) is 2.81. The zero-order chi connectivity index (χ0) is 12.0. The molecule has 1 rings (SSSR count).